The van der Waals surface area contributed by atoms with Crippen LogP contribution in [0.2, 0.25) is 0 Å². The SMILES string of the molecule is COC(=O)/C(=C/C[C@@H]1[C@H]2CC[C@H](O)C(C)(C)[C@@H]2CC[C@@]12CO2)[C@H]1CO1. The number of hydrogen-bond donors (Lipinski definition) is 1. The number of epoxide rings is 2. The Bertz CT molecular complexity index is 573. The number of carbonyl (C=O) groups is 1. The Morgan fingerprint density at radius 1 is 1.32 bits per heavy atom. The molecule has 4 aliphatic rings. The number of esters is 1. The van der Waals surface area contributed by atoms with Crippen LogP contribution in [0.3, 0.4) is 0 Å². The fourth-order valence-corrected chi connectivity index (χ4v) is 5.55. The molecule has 25 heavy (non-hydrogen) atoms. The maximum absolute atomic E-state index is 12.0. The van der Waals surface area contributed by atoms with Crippen molar-refractivity contribution < 1.29 is 24.1 Å². The molecule has 1 spiro atoms. The molecule has 2 aliphatic heterocycles. The van der Waals surface area contributed by atoms with Gasteiger partial charge in [0.05, 0.1) is 37.6 Å². The Balaban J connectivity index is 1.57. The van der Waals surface area contributed by atoms with Crippen molar-refractivity contribution >= 4 is 5.97 Å². The Kier molecular flexibility index (Phi) is 4.25. The topological polar surface area (TPSA) is 71.6 Å². The maximum Gasteiger partial charge on any atom is 0.336 e. The van der Waals surface area contributed by atoms with Crippen molar-refractivity contribution in [3.8, 4) is 0 Å². The zero-order valence-corrected chi connectivity index (χ0v) is 15.5. The molecular formula is C20H30O5. The van der Waals surface area contributed by atoms with Crippen molar-refractivity contribution in [3.05, 3.63) is 11.6 Å². The van der Waals surface area contributed by atoms with E-state index in [4.69, 9.17) is 14.2 Å². The smallest absolute Gasteiger partial charge is 0.336 e. The number of hydrogen-bond acceptors (Lipinski definition) is 5. The first-order chi connectivity index (χ1) is 11.9. The van der Waals surface area contributed by atoms with Crippen molar-refractivity contribution in [2.45, 2.75) is 63.8 Å². The predicted molar refractivity (Wildman–Crippen MR) is 91.9 cm³/mol. The van der Waals surface area contributed by atoms with Gasteiger partial charge in [-0.25, -0.2) is 4.79 Å². The second kappa shape index (κ2) is 6.07. The van der Waals surface area contributed by atoms with Crippen LogP contribution in [0.5, 0.6) is 0 Å². The van der Waals surface area contributed by atoms with Crippen LogP contribution < -0.4 is 0 Å². The monoisotopic (exact) mass is 350 g/mol. The fraction of sp³-hybridized carbons (Fsp3) is 0.850. The number of carbonyl (C=O) groups excluding carboxylic acids is 1. The van der Waals surface area contributed by atoms with E-state index in [2.05, 4.69) is 13.8 Å². The van der Waals surface area contributed by atoms with Crippen LogP contribution in [-0.4, -0.2) is 49.2 Å². The molecular weight excluding hydrogens is 320 g/mol. The Morgan fingerprint density at radius 3 is 2.64 bits per heavy atom. The number of aliphatic hydroxyl groups is 1. The fourth-order valence-electron chi connectivity index (χ4n) is 5.55. The number of ether oxygens (including phenoxy) is 3. The van der Waals surface area contributed by atoms with E-state index >= 15 is 0 Å². The maximum atomic E-state index is 12.0. The van der Waals surface area contributed by atoms with Crippen LogP contribution in [0.25, 0.3) is 0 Å². The predicted octanol–water partition coefficient (Wildman–Crippen LogP) is 2.47. The molecule has 0 bridgehead atoms. The van der Waals surface area contributed by atoms with Gasteiger partial charge in [0.15, 0.2) is 0 Å². The van der Waals surface area contributed by atoms with Gasteiger partial charge in [-0.15, -0.1) is 0 Å². The first-order valence-electron chi connectivity index (χ1n) is 9.61. The van der Waals surface area contributed by atoms with Crippen LogP contribution in [-0.2, 0) is 19.0 Å². The van der Waals surface area contributed by atoms with Gasteiger partial charge in [-0.05, 0) is 55.3 Å². The summed E-state index contributed by atoms with van der Waals surface area (Å²) in [5.74, 6) is 1.20. The van der Waals surface area contributed by atoms with Crippen molar-refractivity contribution in [1.29, 1.82) is 0 Å². The van der Waals surface area contributed by atoms with Gasteiger partial charge in [-0.3, -0.25) is 0 Å². The van der Waals surface area contributed by atoms with E-state index in [0.29, 0.717) is 29.9 Å². The lowest BCUT2D eigenvalue weighted by Gasteiger charge is -2.54. The minimum atomic E-state index is -0.278. The van der Waals surface area contributed by atoms with Gasteiger partial charge < -0.3 is 19.3 Å². The lowest BCUT2D eigenvalue weighted by Crippen LogP contribution is -2.52. The molecule has 140 valence electrons. The highest BCUT2D eigenvalue weighted by molar-refractivity contribution is 5.90. The van der Waals surface area contributed by atoms with Gasteiger partial charge in [0, 0.05) is 0 Å². The third kappa shape index (κ3) is 2.94. The van der Waals surface area contributed by atoms with Gasteiger partial charge in [0.25, 0.3) is 0 Å². The van der Waals surface area contributed by atoms with Gasteiger partial charge in [0.2, 0.25) is 0 Å². The van der Waals surface area contributed by atoms with Gasteiger partial charge in [-0.1, -0.05) is 19.9 Å². The molecule has 6 atom stereocenters. The van der Waals surface area contributed by atoms with Crippen LogP contribution >= 0.6 is 0 Å². The number of rotatable bonds is 4. The average Bonchev–Trinajstić information content (AvgIpc) is 3.49. The van der Waals surface area contributed by atoms with Crippen molar-refractivity contribution in [2.24, 2.45) is 23.2 Å². The Morgan fingerprint density at radius 2 is 2.04 bits per heavy atom. The molecule has 2 saturated heterocycles. The second-order valence-electron chi connectivity index (χ2n) is 8.89. The normalized spacial score (nSPS) is 45.0. The van der Waals surface area contributed by atoms with E-state index < -0.39 is 0 Å². The van der Waals surface area contributed by atoms with E-state index in [1.807, 2.05) is 6.08 Å². The number of fused-ring (bicyclic) bond motifs is 1. The number of aliphatic hydroxyl groups excluding tert-OH is 1. The second-order valence-corrected chi connectivity index (χ2v) is 8.89. The molecule has 5 heteroatoms. The number of allylic oxidation sites excluding steroid dienone is 1. The first kappa shape index (κ1) is 17.5. The lowest BCUT2D eigenvalue weighted by atomic mass is 9.52. The minimum Gasteiger partial charge on any atom is -0.466 e. The highest BCUT2D eigenvalue weighted by Gasteiger charge is 2.61. The summed E-state index contributed by atoms with van der Waals surface area (Å²) < 4.78 is 16.2. The largest absolute Gasteiger partial charge is 0.466 e. The summed E-state index contributed by atoms with van der Waals surface area (Å²) in [6, 6.07) is 0. The molecule has 0 radical (unpaired) electrons. The number of methoxy groups -OCH3 is 1. The average molecular weight is 350 g/mol. The molecule has 2 saturated carbocycles. The highest BCUT2D eigenvalue weighted by Crippen LogP contribution is 2.60. The summed E-state index contributed by atoms with van der Waals surface area (Å²) >= 11 is 0. The molecule has 0 unspecified atom stereocenters. The molecule has 4 fully saturated rings. The van der Waals surface area contributed by atoms with E-state index in [0.717, 1.165) is 38.7 Å². The summed E-state index contributed by atoms with van der Waals surface area (Å²) in [6.07, 6.45) is 6.67. The molecule has 4 rings (SSSR count). The van der Waals surface area contributed by atoms with Crippen molar-refractivity contribution in [1.82, 2.24) is 0 Å². The van der Waals surface area contributed by atoms with Crippen LogP contribution in [0.15, 0.2) is 11.6 Å². The van der Waals surface area contributed by atoms with E-state index in [1.54, 1.807) is 0 Å². The third-order valence-corrected chi connectivity index (χ3v) is 7.38. The van der Waals surface area contributed by atoms with E-state index in [9.17, 15) is 9.90 Å². The first-order valence-corrected chi connectivity index (χ1v) is 9.61. The zero-order valence-electron chi connectivity index (χ0n) is 15.5. The standard InChI is InChI=1S/C20H30O5/c1-19(2)14-8-9-20(11-25-20)15(12(14)5-7-17(19)21)6-4-13(16-10-24-16)18(22)23-3/h4,12,14-17,21H,5-11H2,1-3H3/b13-4+/t12-,14+,15+,16+,17-,20+/m0/s1. The van der Waals surface area contributed by atoms with Gasteiger partial charge >= 0.3 is 5.97 Å². The molecule has 2 heterocycles. The quantitative estimate of drug-likeness (QED) is 0.479. The van der Waals surface area contributed by atoms with Crippen LogP contribution in [0.1, 0.15) is 46.0 Å². The summed E-state index contributed by atoms with van der Waals surface area (Å²) in [7, 11) is 1.42. The minimum absolute atomic E-state index is 0.00166. The highest BCUT2D eigenvalue weighted by atomic mass is 16.6. The molecule has 0 aromatic heterocycles. The molecule has 1 N–H and O–H groups in total. The third-order valence-electron chi connectivity index (χ3n) is 7.38. The molecule has 5 nitrogen and oxygen atoms in total. The Hall–Kier alpha value is -0.910. The van der Waals surface area contributed by atoms with E-state index in [1.165, 1.54) is 7.11 Å². The van der Waals surface area contributed by atoms with Crippen LogP contribution in [0.4, 0.5) is 0 Å². The summed E-state index contributed by atoms with van der Waals surface area (Å²) in [5, 5.41) is 10.5. The molecule has 0 aromatic carbocycles. The van der Waals surface area contributed by atoms with Gasteiger partial charge in [0.1, 0.15) is 6.10 Å². The van der Waals surface area contributed by atoms with Gasteiger partial charge in [-0.2, -0.15) is 0 Å². The summed E-state index contributed by atoms with van der Waals surface area (Å²) in [4.78, 5) is 12.0. The molecule has 2 aliphatic carbocycles. The lowest BCUT2D eigenvalue weighted by molar-refractivity contribution is -0.136. The van der Waals surface area contributed by atoms with Crippen LogP contribution in [0, 0.1) is 23.2 Å². The molecule has 0 aromatic rings. The van der Waals surface area contributed by atoms with Crippen molar-refractivity contribution in [3.63, 3.8) is 0 Å². The van der Waals surface area contributed by atoms with Crippen molar-refractivity contribution in [2.75, 3.05) is 20.3 Å². The Labute approximate surface area is 149 Å². The zero-order chi connectivity index (χ0) is 17.8. The molecule has 0 amide bonds. The summed E-state index contributed by atoms with van der Waals surface area (Å²) in [6.45, 7) is 5.87. The van der Waals surface area contributed by atoms with E-state index in [-0.39, 0.29) is 29.2 Å². The summed E-state index contributed by atoms with van der Waals surface area (Å²) in [5.41, 5.74) is 0.615.